The van der Waals surface area contributed by atoms with E-state index in [1.54, 1.807) is 0 Å². The van der Waals surface area contributed by atoms with Crippen molar-refractivity contribution in [2.45, 2.75) is 31.9 Å². The highest BCUT2D eigenvalue weighted by atomic mass is 16.7. The molecule has 21 heavy (non-hydrogen) atoms. The third-order valence-corrected chi connectivity index (χ3v) is 4.70. The number of fused-ring (bicyclic) bond motifs is 1. The van der Waals surface area contributed by atoms with Crippen molar-refractivity contribution in [3.8, 4) is 0 Å². The van der Waals surface area contributed by atoms with E-state index in [1.807, 2.05) is 30.3 Å². The van der Waals surface area contributed by atoms with Gasteiger partial charge in [-0.25, -0.2) is 0 Å². The molecule has 2 aliphatic heterocycles. The molecular weight excluding hydrogens is 262 g/mol. The topological polar surface area (TPSA) is 30.5 Å². The van der Waals surface area contributed by atoms with Gasteiger partial charge in [-0.15, -0.1) is 0 Å². The molecule has 0 aliphatic carbocycles. The molecule has 0 unspecified atom stereocenters. The van der Waals surface area contributed by atoms with Crippen LogP contribution in [0.5, 0.6) is 0 Å². The number of nitrogens with one attached hydrogen (secondary N) is 1. The zero-order valence-electron chi connectivity index (χ0n) is 12.7. The molecule has 0 radical (unpaired) electrons. The Labute approximate surface area is 126 Å². The van der Waals surface area contributed by atoms with Gasteiger partial charge in [-0.1, -0.05) is 61.5 Å². The van der Waals surface area contributed by atoms with Crippen LogP contribution < -0.4 is 5.48 Å². The third-order valence-electron chi connectivity index (χ3n) is 4.70. The summed E-state index contributed by atoms with van der Waals surface area (Å²) in [6.45, 7) is 5.77. The summed E-state index contributed by atoms with van der Waals surface area (Å²) < 4.78 is 5.97. The molecule has 2 fully saturated rings. The standard InChI is InChI=1S/C18H23NO2/c1-15-12-17(2)13-21-19-18(17,14-20-15)16-10-8-6-4-3-5-7-9-11-16/h3-11,15,19H,12-14H2,1-2H3/t15-,17-,18+/m0/s1. The van der Waals surface area contributed by atoms with Crippen LogP contribution in [0.4, 0.5) is 0 Å². The maximum absolute atomic E-state index is 5.97. The fourth-order valence-electron chi connectivity index (χ4n) is 3.43. The highest BCUT2D eigenvalue weighted by Crippen LogP contribution is 2.50. The minimum Gasteiger partial charge on any atom is -0.376 e. The quantitative estimate of drug-likeness (QED) is 0.858. The Morgan fingerprint density at radius 2 is 1.62 bits per heavy atom. The summed E-state index contributed by atoms with van der Waals surface area (Å²) in [4.78, 5) is 5.67. The highest BCUT2D eigenvalue weighted by molar-refractivity contribution is 5.28. The van der Waals surface area contributed by atoms with Crippen molar-refractivity contribution in [3.63, 3.8) is 0 Å². The summed E-state index contributed by atoms with van der Waals surface area (Å²) >= 11 is 0. The normalized spacial score (nSPS) is 34.9. The van der Waals surface area contributed by atoms with Gasteiger partial charge in [-0.05, 0) is 18.9 Å². The molecule has 3 rings (SSSR count). The second-order valence-electron chi connectivity index (χ2n) is 6.32. The summed E-state index contributed by atoms with van der Waals surface area (Å²) in [6, 6.07) is 18.6. The molecule has 0 bridgehead atoms. The molecule has 1 aromatic carbocycles. The summed E-state index contributed by atoms with van der Waals surface area (Å²) in [5.41, 5.74) is 4.23. The third kappa shape index (κ3) is 2.57. The lowest BCUT2D eigenvalue weighted by Gasteiger charge is -2.47. The van der Waals surface area contributed by atoms with Crippen molar-refractivity contribution >= 4 is 0 Å². The average Bonchev–Trinajstić information content (AvgIpc) is 2.81. The van der Waals surface area contributed by atoms with E-state index in [9.17, 15) is 0 Å². The predicted octanol–water partition coefficient (Wildman–Crippen LogP) is 3.36. The van der Waals surface area contributed by atoms with Crippen LogP contribution in [0, 0.1) is 5.41 Å². The number of rotatable bonds is 1. The van der Waals surface area contributed by atoms with Gasteiger partial charge in [0.25, 0.3) is 0 Å². The summed E-state index contributed by atoms with van der Waals surface area (Å²) in [7, 11) is 0. The Balaban J connectivity index is 2.09. The van der Waals surface area contributed by atoms with Crippen molar-refractivity contribution < 1.29 is 9.57 Å². The van der Waals surface area contributed by atoms with Gasteiger partial charge in [0.05, 0.1) is 24.9 Å². The van der Waals surface area contributed by atoms with Crippen LogP contribution in [0.15, 0.2) is 54.6 Å². The van der Waals surface area contributed by atoms with Crippen molar-refractivity contribution in [1.29, 1.82) is 0 Å². The minimum atomic E-state index is -0.281. The van der Waals surface area contributed by atoms with Crippen molar-refractivity contribution in [2.24, 2.45) is 5.41 Å². The lowest BCUT2D eigenvalue weighted by Crippen LogP contribution is -2.56. The van der Waals surface area contributed by atoms with Gasteiger partial charge in [-0.2, -0.15) is 5.48 Å². The molecule has 112 valence electrons. The first-order chi connectivity index (χ1) is 10.2. The van der Waals surface area contributed by atoms with Gasteiger partial charge < -0.3 is 9.57 Å². The van der Waals surface area contributed by atoms with Gasteiger partial charge in [0.2, 0.25) is 0 Å². The van der Waals surface area contributed by atoms with Crippen LogP contribution in [0.1, 0.15) is 25.8 Å². The molecule has 1 aromatic rings. The van der Waals surface area contributed by atoms with E-state index < -0.39 is 0 Å². The zero-order valence-corrected chi connectivity index (χ0v) is 12.7. The van der Waals surface area contributed by atoms with E-state index >= 15 is 0 Å². The Morgan fingerprint density at radius 3 is 2.29 bits per heavy atom. The Hall–Kier alpha value is -1.42. The van der Waals surface area contributed by atoms with Crippen LogP contribution >= 0.6 is 0 Å². The lowest BCUT2D eigenvalue weighted by atomic mass is 9.65. The first kappa shape index (κ1) is 14.5. The molecule has 0 spiro atoms. The van der Waals surface area contributed by atoms with Crippen molar-refractivity contribution in [1.82, 2.24) is 5.48 Å². The van der Waals surface area contributed by atoms with Gasteiger partial charge >= 0.3 is 0 Å². The Morgan fingerprint density at radius 1 is 1.00 bits per heavy atom. The Kier molecular flexibility index (Phi) is 3.98. The monoisotopic (exact) mass is 285 g/mol. The number of hydrogen-bond donors (Lipinski definition) is 1. The van der Waals surface area contributed by atoms with Crippen LogP contribution in [0.2, 0.25) is 0 Å². The molecule has 2 aliphatic rings. The van der Waals surface area contributed by atoms with Gasteiger partial charge in [0.1, 0.15) is 0 Å². The van der Waals surface area contributed by atoms with Gasteiger partial charge in [0, 0.05) is 5.41 Å². The summed E-state index contributed by atoms with van der Waals surface area (Å²) in [5.74, 6) is 0. The van der Waals surface area contributed by atoms with E-state index in [0.29, 0.717) is 13.2 Å². The second kappa shape index (κ2) is 5.76. The van der Waals surface area contributed by atoms with Gasteiger partial charge in [-0.3, -0.25) is 0 Å². The van der Waals surface area contributed by atoms with E-state index in [2.05, 4.69) is 43.6 Å². The van der Waals surface area contributed by atoms with Gasteiger partial charge in [0.15, 0.2) is 0 Å². The lowest BCUT2D eigenvalue weighted by molar-refractivity contribution is -0.0912. The molecule has 0 saturated carbocycles. The molecule has 2 saturated heterocycles. The Bertz CT molecular complexity index is 536. The van der Waals surface area contributed by atoms with Crippen LogP contribution in [0.3, 0.4) is 0 Å². The van der Waals surface area contributed by atoms with E-state index in [-0.39, 0.29) is 17.1 Å². The number of hydroxylamine groups is 1. The molecule has 3 nitrogen and oxygen atoms in total. The minimum absolute atomic E-state index is 0.0400. The van der Waals surface area contributed by atoms with E-state index in [0.717, 1.165) is 6.42 Å². The fourth-order valence-corrected chi connectivity index (χ4v) is 3.43. The average molecular weight is 285 g/mol. The van der Waals surface area contributed by atoms with Crippen LogP contribution in [-0.4, -0.2) is 19.3 Å². The van der Waals surface area contributed by atoms with E-state index in [1.165, 1.54) is 5.56 Å². The fraction of sp³-hybridized carbons (Fsp3) is 0.444. The smallest absolute Gasteiger partial charge is 0.0990 e. The van der Waals surface area contributed by atoms with Crippen LogP contribution in [-0.2, 0) is 15.1 Å². The highest BCUT2D eigenvalue weighted by Gasteiger charge is 2.57. The first-order valence-corrected chi connectivity index (χ1v) is 7.56. The molecule has 3 atom stereocenters. The second-order valence-corrected chi connectivity index (χ2v) is 6.32. The van der Waals surface area contributed by atoms with Crippen molar-refractivity contribution in [2.75, 3.05) is 13.2 Å². The zero-order chi connectivity index (χ0) is 14.8. The summed E-state index contributed by atoms with van der Waals surface area (Å²) in [5, 5.41) is 0. The summed E-state index contributed by atoms with van der Waals surface area (Å²) in [6.07, 6.45) is 1.26. The molecule has 0 aromatic heterocycles. The molecule has 1 N–H and O–H groups in total. The SMILES string of the molecule is C[C@H]1C[C@@]2(C)CON[C@@]2(c2ccccccccc2)CO1. The predicted molar refractivity (Wildman–Crippen MR) is 83.0 cm³/mol. The largest absolute Gasteiger partial charge is 0.376 e. The van der Waals surface area contributed by atoms with E-state index in [4.69, 9.17) is 9.57 Å². The first-order valence-electron chi connectivity index (χ1n) is 7.56. The van der Waals surface area contributed by atoms with Crippen LogP contribution in [0.25, 0.3) is 0 Å². The molecular formula is C18H23NO2. The maximum Gasteiger partial charge on any atom is 0.0990 e. The van der Waals surface area contributed by atoms with Crippen molar-refractivity contribution in [3.05, 3.63) is 60.2 Å². The molecule has 3 heteroatoms. The maximum atomic E-state index is 5.97. The molecule has 0 amide bonds. The number of hydrogen-bond acceptors (Lipinski definition) is 3. The molecule has 2 heterocycles. The number of ether oxygens (including phenoxy) is 1.